The van der Waals surface area contributed by atoms with Gasteiger partial charge in [0.1, 0.15) is 0 Å². The summed E-state index contributed by atoms with van der Waals surface area (Å²) in [6, 6.07) is 6.58. The first-order valence-corrected chi connectivity index (χ1v) is 5.63. The molecule has 1 fully saturated rings. The van der Waals surface area contributed by atoms with Crippen molar-refractivity contribution in [2.24, 2.45) is 0 Å². The number of aryl methyl sites for hydroxylation is 1. The molecule has 1 heteroatoms. The maximum Gasteiger partial charge on any atom is 0.0346 e. The summed E-state index contributed by atoms with van der Waals surface area (Å²) in [5.74, 6) is 0.770. The highest BCUT2D eigenvalue weighted by Gasteiger charge is 2.15. The van der Waals surface area contributed by atoms with Crippen LogP contribution in [-0.2, 0) is 0 Å². The van der Waals surface area contributed by atoms with E-state index in [1.54, 1.807) is 0 Å². The van der Waals surface area contributed by atoms with E-state index in [-0.39, 0.29) is 0 Å². The van der Waals surface area contributed by atoms with Gasteiger partial charge in [-0.05, 0) is 42.9 Å². The van der Waals surface area contributed by atoms with Crippen molar-refractivity contribution in [3.63, 3.8) is 0 Å². The van der Waals surface area contributed by atoms with Gasteiger partial charge in [0.25, 0.3) is 0 Å². The first kappa shape index (κ1) is 9.57. The van der Waals surface area contributed by atoms with Crippen molar-refractivity contribution in [2.45, 2.75) is 44.9 Å². The van der Waals surface area contributed by atoms with E-state index in [2.05, 4.69) is 25.1 Å². The van der Waals surface area contributed by atoms with Crippen molar-refractivity contribution in [1.82, 2.24) is 0 Å². The number of hydrogen-bond donors (Lipinski definition) is 1. The molecule has 0 saturated heterocycles. The lowest BCUT2D eigenvalue weighted by atomic mass is 9.84. The van der Waals surface area contributed by atoms with Gasteiger partial charge < -0.3 is 5.73 Å². The van der Waals surface area contributed by atoms with Crippen LogP contribution in [0.3, 0.4) is 0 Å². The summed E-state index contributed by atoms with van der Waals surface area (Å²) in [6.07, 6.45) is 6.89. The van der Waals surface area contributed by atoms with Gasteiger partial charge in [0.2, 0.25) is 0 Å². The molecule has 2 N–H and O–H groups in total. The van der Waals surface area contributed by atoms with Crippen LogP contribution >= 0.6 is 0 Å². The third kappa shape index (κ3) is 1.92. The van der Waals surface area contributed by atoms with Gasteiger partial charge in [0.15, 0.2) is 0 Å². The quantitative estimate of drug-likeness (QED) is 0.671. The fourth-order valence-corrected chi connectivity index (χ4v) is 2.35. The van der Waals surface area contributed by atoms with E-state index in [0.29, 0.717) is 0 Å². The first-order chi connectivity index (χ1) is 6.77. The Morgan fingerprint density at radius 1 is 1.14 bits per heavy atom. The molecule has 1 nitrogen and oxygen atoms in total. The maximum atomic E-state index is 5.93. The average molecular weight is 189 g/mol. The third-order valence-electron chi connectivity index (χ3n) is 3.38. The zero-order valence-corrected chi connectivity index (χ0v) is 8.92. The zero-order valence-electron chi connectivity index (χ0n) is 8.92. The highest BCUT2D eigenvalue weighted by Crippen LogP contribution is 2.33. The largest absolute Gasteiger partial charge is 0.399 e. The van der Waals surface area contributed by atoms with E-state index in [1.807, 2.05) is 0 Å². The molecule has 0 heterocycles. The van der Waals surface area contributed by atoms with Crippen LogP contribution in [0.2, 0.25) is 0 Å². The highest BCUT2D eigenvalue weighted by molar-refractivity contribution is 5.49. The Bertz CT molecular complexity index is 311. The summed E-state index contributed by atoms with van der Waals surface area (Å²) in [4.78, 5) is 0. The summed E-state index contributed by atoms with van der Waals surface area (Å²) in [7, 11) is 0. The number of nitrogens with two attached hydrogens (primary N) is 1. The summed E-state index contributed by atoms with van der Waals surface area (Å²) < 4.78 is 0. The zero-order chi connectivity index (χ0) is 9.97. The molecule has 0 aromatic heterocycles. The summed E-state index contributed by atoms with van der Waals surface area (Å²) in [5, 5.41) is 0. The second-order valence-electron chi connectivity index (χ2n) is 4.45. The first-order valence-electron chi connectivity index (χ1n) is 5.63. The average Bonchev–Trinajstić information content (AvgIpc) is 2.23. The Hall–Kier alpha value is -0.980. The molecule has 0 bridgehead atoms. The topological polar surface area (TPSA) is 26.0 Å². The minimum atomic E-state index is 0.770. The van der Waals surface area contributed by atoms with Crippen LogP contribution in [0.1, 0.15) is 49.1 Å². The Labute approximate surface area is 86.3 Å². The molecule has 1 saturated carbocycles. The van der Waals surface area contributed by atoms with Crippen molar-refractivity contribution < 1.29 is 0 Å². The van der Waals surface area contributed by atoms with Gasteiger partial charge >= 0.3 is 0 Å². The summed E-state index contributed by atoms with van der Waals surface area (Å²) in [6.45, 7) is 2.07. The molecular weight excluding hydrogens is 170 g/mol. The number of anilines is 1. The van der Waals surface area contributed by atoms with E-state index >= 15 is 0 Å². The predicted octanol–water partition coefficient (Wildman–Crippen LogP) is 3.62. The predicted molar refractivity (Wildman–Crippen MR) is 61.4 cm³/mol. The van der Waals surface area contributed by atoms with Gasteiger partial charge in [0.05, 0.1) is 0 Å². The van der Waals surface area contributed by atoms with Gasteiger partial charge in [-0.1, -0.05) is 31.4 Å². The number of benzene rings is 1. The maximum absolute atomic E-state index is 5.93. The van der Waals surface area contributed by atoms with Crippen molar-refractivity contribution in [3.05, 3.63) is 29.3 Å². The third-order valence-corrected chi connectivity index (χ3v) is 3.38. The van der Waals surface area contributed by atoms with E-state index in [9.17, 15) is 0 Å². The molecule has 1 aliphatic carbocycles. The van der Waals surface area contributed by atoms with Crippen molar-refractivity contribution in [3.8, 4) is 0 Å². The van der Waals surface area contributed by atoms with Crippen LogP contribution in [0.4, 0.5) is 5.69 Å². The Morgan fingerprint density at radius 3 is 2.50 bits per heavy atom. The fraction of sp³-hybridized carbons (Fsp3) is 0.538. The van der Waals surface area contributed by atoms with E-state index < -0.39 is 0 Å². The molecule has 0 spiro atoms. The van der Waals surface area contributed by atoms with Crippen LogP contribution in [0.5, 0.6) is 0 Å². The lowest BCUT2D eigenvalue weighted by molar-refractivity contribution is 0.443. The van der Waals surface area contributed by atoms with Gasteiger partial charge in [-0.15, -0.1) is 0 Å². The summed E-state index contributed by atoms with van der Waals surface area (Å²) in [5.41, 5.74) is 9.53. The van der Waals surface area contributed by atoms with Crippen LogP contribution in [0, 0.1) is 6.92 Å². The van der Waals surface area contributed by atoms with Crippen molar-refractivity contribution in [2.75, 3.05) is 5.73 Å². The van der Waals surface area contributed by atoms with Gasteiger partial charge in [0, 0.05) is 5.69 Å². The highest BCUT2D eigenvalue weighted by atomic mass is 14.6. The van der Waals surface area contributed by atoms with Crippen LogP contribution in [-0.4, -0.2) is 0 Å². The second kappa shape index (κ2) is 4.04. The van der Waals surface area contributed by atoms with Crippen molar-refractivity contribution in [1.29, 1.82) is 0 Å². The van der Waals surface area contributed by atoms with E-state index in [1.165, 1.54) is 43.2 Å². The van der Waals surface area contributed by atoms with Gasteiger partial charge in [-0.25, -0.2) is 0 Å². The molecule has 14 heavy (non-hydrogen) atoms. The molecule has 1 aromatic carbocycles. The van der Waals surface area contributed by atoms with Crippen molar-refractivity contribution >= 4 is 5.69 Å². The molecular formula is C13H19N. The number of hydrogen-bond acceptors (Lipinski definition) is 1. The fourth-order valence-electron chi connectivity index (χ4n) is 2.35. The molecule has 0 unspecified atom stereocenters. The van der Waals surface area contributed by atoms with Crippen LogP contribution in [0.15, 0.2) is 18.2 Å². The number of nitrogen functional groups attached to an aromatic ring is 1. The molecule has 1 aromatic rings. The van der Waals surface area contributed by atoms with Crippen LogP contribution in [0.25, 0.3) is 0 Å². The normalized spacial score (nSPS) is 18.4. The molecule has 0 radical (unpaired) electrons. The standard InChI is InChI=1S/C13H19N/c1-10-7-8-12(9-13(10)14)11-5-3-2-4-6-11/h7-9,11H,2-6,14H2,1H3. The SMILES string of the molecule is Cc1ccc(C2CCCCC2)cc1N. The molecule has 0 atom stereocenters. The Balaban J connectivity index is 2.18. The monoisotopic (exact) mass is 189 g/mol. The lowest BCUT2D eigenvalue weighted by Crippen LogP contribution is -2.05. The Kier molecular flexibility index (Phi) is 2.76. The Morgan fingerprint density at radius 2 is 1.86 bits per heavy atom. The van der Waals surface area contributed by atoms with Crippen LogP contribution < -0.4 is 5.73 Å². The van der Waals surface area contributed by atoms with E-state index in [0.717, 1.165) is 11.6 Å². The molecule has 2 rings (SSSR count). The molecule has 0 amide bonds. The van der Waals surface area contributed by atoms with Gasteiger partial charge in [-0.3, -0.25) is 0 Å². The minimum absolute atomic E-state index is 0.770. The number of rotatable bonds is 1. The second-order valence-corrected chi connectivity index (χ2v) is 4.45. The smallest absolute Gasteiger partial charge is 0.0346 e. The summed E-state index contributed by atoms with van der Waals surface area (Å²) >= 11 is 0. The van der Waals surface area contributed by atoms with E-state index in [4.69, 9.17) is 5.73 Å². The van der Waals surface area contributed by atoms with Gasteiger partial charge in [-0.2, -0.15) is 0 Å². The lowest BCUT2D eigenvalue weighted by Gasteiger charge is -2.22. The molecule has 0 aliphatic heterocycles. The minimum Gasteiger partial charge on any atom is -0.399 e. The molecule has 76 valence electrons. The molecule has 1 aliphatic rings.